The lowest BCUT2D eigenvalue weighted by molar-refractivity contribution is 0.102. The van der Waals surface area contributed by atoms with Crippen LogP contribution in [0.4, 0.5) is 6.01 Å². The van der Waals surface area contributed by atoms with Crippen LogP contribution in [0.25, 0.3) is 0 Å². The van der Waals surface area contributed by atoms with E-state index in [-0.39, 0.29) is 16.8 Å². The number of hydrogen-bond acceptors (Lipinski definition) is 7. The molecule has 3 aromatic rings. The van der Waals surface area contributed by atoms with Crippen LogP contribution in [0.2, 0.25) is 0 Å². The molecule has 1 aromatic heterocycles. The number of sulfone groups is 1. The summed E-state index contributed by atoms with van der Waals surface area (Å²) in [4.78, 5) is 12.7. The molecular weight excluding hydrogens is 406 g/mol. The Labute approximate surface area is 175 Å². The molecule has 8 nitrogen and oxygen atoms in total. The molecule has 1 heterocycles. The van der Waals surface area contributed by atoms with E-state index in [1.807, 2.05) is 0 Å². The molecule has 0 aliphatic rings. The number of unbranched alkanes of at least 4 members (excludes halogenated alkanes) is 1. The van der Waals surface area contributed by atoms with Crippen LogP contribution in [0.5, 0.6) is 5.75 Å². The number of amides is 1. The van der Waals surface area contributed by atoms with Crippen molar-refractivity contribution in [3.05, 3.63) is 65.5 Å². The molecule has 1 amide bonds. The number of nitrogens with one attached hydrogen (secondary N) is 1. The van der Waals surface area contributed by atoms with Crippen LogP contribution < -0.4 is 10.1 Å². The van der Waals surface area contributed by atoms with E-state index < -0.39 is 9.84 Å². The first kappa shape index (κ1) is 21.5. The third-order valence-corrected chi connectivity index (χ3v) is 5.39. The quantitative estimate of drug-likeness (QED) is 0.518. The Morgan fingerprint density at radius 2 is 1.90 bits per heavy atom. The van der Waals surface area contributed by atoms with Gasteiger partial charge in [-0.15, -0.1) is 5.10 Å². The average molecular weight is 429 g/mol. The van der Waals surface area contributed by atoms with Crippen molar-refractivity contribution in [2.75, 3.05) is 18.2 Å². The first-order valence-corrected chi connectivity index (χ1v) is 11.4. The zero-order valence-electron chi connectivity index (χ0n) is 16.8. The van der Waals surface area contributed by atoms with Crippen LogP contribution in [0, 0.1) is 0 Å². The maximum absolute atomic E-state index is 12.4. The largest absolute Gasteiger partial charge is 0.494 e. The molecule has 0 saturated carbocycles. The summed E-state index contributed by atoms with van der Waals surface area (Å²) in [5.74, 6) is 0.539. The molecule has 1 N–H and O–H groups in total. The third-order valence-electron chi connectivity index (χ3n) is 4.26. The summed E-state index contributed by atoms with van der Waals surface area (Å²) in [7, 11) is -3.25. The number of anilines is 1. The van der Waals surface area contributed by atoms with Gasteiger partial charge in [0.25, 0.3) is 5.91 Å². The van der Waals surface area contributed by atoms with Gasteiger partial charge in [0, 0.05) is 11.8 Å². The van der Waals surface area contributed by atoms with E-state index in [0.29, 0.717) is 30.2 Å². The molecule has 0 fully saturated rings. The Hall–Kier alpha value is -3.20. The summed E-state index contributed by atoms with van der Waals surface area (Å²) >= 11 is 0. The summed E-state index contributed by atoms with van der Waals surface area (Å²) in [6, 6.07) is 13.3. The highest BCUT2D eigenvalue weighted by Crippen LogP contribution is 2.17. The molecule has 0 spiro atoms. The van der Waals surface area contributed by atoms with Gasteiger partial charge in [-0.05, 0) is 42.3 Å². The van der Waals surface area contributed by atoms with Crippen LogP contribution in [-0.2, 0) is 16.3 Å². The van der Waals surface area contributed by atoms with Crippen LogP contribution in [0.1, 0.15) is 41.6 Å². The number of benzene rings is 2. The van der Waals surface area contributed by atoms with Gasteiger partial charge >= 0.3 is 6.01 Å². The van der Waals surface area contributed by atoms with Gasteiger partial charge in [-0.2, -0.15) is 0 Å². The molecule has 9 heteroatoms. The Balaban J connectivity index is 1.61. The molecule has 0 bridgehead atoms. The Morgan fingerprint density at radius 1 is 1.13 bits per heavy atom. The molecular formula is C21H23N3O5S. The van der Waals surface area contributed by atoms with Crippen LogP contribution in [-0.4, -0.2) is 37.4 Å². The number of carbonyl (C=O) groups excluding carboxylic acids is 1. The standard InChI is InChI=1S/C21H23N3O5S/c1-3-4-12-28-17-7-5-6-16(14-17)20(25)22-21-24-23-19(29-21)13-15-8-10-18(11-9-15)30(2,26)27/h5-11,14H,3-4,12-13H2,1-2H3,(H,22,24,25). The smallest absolute Gasteiger partial charge is 0.322 e. The topological polar surface area (TPSA) is 111 Å². The molecule has 30 heavy (non-hydrogen) atoms. The maximum atomic E-state index is 12.4. The van der Waals surface area contributed by atoms with Gasteiger partial charge in [0.1, 0.15) is 5.75 Å². The second-order valence-electron chi connectivity index (χ2n) is 6.78. The van der Waals surface area contributed by atoms with E-state index in [2.05, 4.69) is 22.4 Å². The summed E-state index contributed by atoms with van der Waals surface area (Å²) in [5.41, 5.74) is 1.22. The molecule has 158 valence electrons. The molecule has 0 radical (unpaired) electrons. The molecule has 0 aliphatic carbocycles. The fraction of sp³-hybridized carbons (Fsp3) is 0.286. The fourth-order valence-electron chi connectivity index (χ4n) is 2.64. The van der Waals surface area contributed by atoms with Crippen LogP contribution >= 0.6 is 0 Å². The second kappa shape index (κ2) is 9.53. The van der Waals surface area contributed by atoms with Gasteiger partial charge in [0.15, 0.2) is 9.84 Å². The second-order valence-corrected chi connectivity index (χ2v) is 8.79. The summed E-state index contributed by atoms with van der Waals surface area (Å²) in [6.07, 6.45) is 3.44. The SMILES string of the molecule is CCCCOc1cccc(C(=O)Nc2nnc(Cc3ccc(S(C)(=O)=O)cc3)o2)c1. The molecule has 2 aromatic carbocycles. The van der Waals surface area contributed by atoms with Crippen molar-refractivity contribution in [2.24, 2.45) is 0 Å². The van der Waals surface area contributed by atoms with Gasteiger partial charge in [-0.25, -0.2) is 8.42 Å². The number of carbonyl (C=O) groups is 1. The van der Waals surface area contributed by atoms with Gasteiger partial charge in [0.2, 0.25) is 5.89 Å². The summed E-state index contributed by atoms with van der Waals surface area (Å²) < 4.78 is 34.1. The third kappa shape index (κ3) is 5.90. The monoisotopic (exact) mass is 429 g/mol. The number of nitrogens with zero attached hydrogens (tertiary/aromatic N) is 2. The fourth-order valence-corrected chi connectivity index (χ4v) is 3.27. The predicted octanol–water partition coefficient (Wildman–Crippen LogP) is 3.50. The summed E-state index contributed by atoms with van der Waals surface area (Å²) in [5, 5.41) is 10.3. The number of ether oxygens (including phenoxy) is 1. The van der Waals surface area contributed by atoms with Crippen molar-refractivity contribution in [1.82, 2.24) is 10.2 Å². The Kier molecular flexibility index (Phi) is 6.83. The van der Waals surface area contributed by atoms with Gasteiger partial charge in [-0.3, -0.25) is 10.1 Å². The first-order valence-electron chi connectivity index (χ1n) is 9.51. The van der Waals surface area contributed by atoms with Crippen molar-refractivity contribution in [1.29, 1.82) is 0 Å². The highest BCUT2D eigenvalue weighted by atomic mass is 32.2. The Bertz CT molecular complexity index is 1110. The van der Waals surface area contributed by atoms with Crippen molar-refractivity contribution in [3.8, 4) is 5.75 Å². The van der Waals surface area contributed by atoms with Crippen molar-refractivity contribution in [2.45, 2.75) is 31.1 Å². The van der Waals surface area contributed by atoms with Crippen molar-refractivity contribution < 1.29 is 22.4 Å². The minimum absolute atomic E-state index is 0.0138. The summed E-state index contributed by atoms with van der Waals surface area (Å²) in [6.45, 7) is 2.68. The lowest BCUT2D eigenvalue weighted by atomic mass is 10.1. The lowest BCUT2D eigenvalue weighted by Crippen LogP contribution is -2.12. The number of hydrogen-bond donors (Lipinski definition) is 1. The van der Waals surface area contributed by atoms with E-state index in [9.17, 15) is 13.2 Å². The molecule has 0 saturated heterocycles. The van der Waals surface area contributed by atoms with E-state index in [4.69, 9.17) is 9.15 Å². The molecule has 0 aliphatic heterocycles. The van der Waals surface area contributed by atoms with Gasteiger partial charge in [-0.1, -0.05) is 36.6 Å². The van der Waals surface area contributed by atoms with E-state index >= 15 is 0 Å². The average Bonchev–Trinajstić information content (AvgIpc) is 3.15. The minimum Gasteiger partial charge on any atom is -0.494 e. The predicted molar refractivity (Wildman–Crippen MR) is 111 cm³/mol. The maximum Gasteiger partial charge on any atom is 0.322 e. The number of rotatable bonds is 9. The van der Waals surface area contributed by atoms with Gasteiger partial charge in [0.05, 0.1) is 17.9 Å². The Morgan fingerprint density at radius 3 is 2.60 bits per heavy atom. The van der Waals surface area contributed by atoms with E-state index in [0.717, 1.165) is 24.7 Å². The van der Waals surface area contributed by atoms with Gasteiger partial charge < -0.3 is 9.15 Å². The number of aromatic nitrogens is 2. The van der Waals surface area contributed by atoms with Crippen molar-refractivity contribution >= 4 is 21.8 Å². The molecule has 0 unspecified atom stereocenters. The highest BCUT2D eigenvalue weighted by molar-refractivity contribution is 7.90. The zero-order chi connectivity index (χ0) is 21.6. The van der Waals surface area contributed by atoms with Crippen LogP contribution in [0.15, 0.2) is 57.8 Å². The first-order chi connectivity index (χ1) is 14.3. The normalized spacial score (nSPS) is 11.3. The minimum atomic E-state index is -3.25. The highest BCUT2D eigenvalue weighted by Gasteiger charge is 2.13. The molecule has 0 atom stereocenters. The van der Waals surface area contributed by atoms with Crippen LogP contribution in [0.3, 0.4) is 0 Å². The lowest BCUT2D eigenvalue weighted by Gasteiger charge is -2.07. The van der Waals surface area contributed by atoms with Crippen molar-refractivity contribution in [3.63, 3.8) is 0 Å². The van der Waals surface area contributed by atoms with E-state index in [1.165, 1.54) is 12.1 Å². The molecule has 3 rings (SSSR count). The van der Waals surface area contributed by atoms with E-state index in [1.54, 1.807) is 36.4 Å². The zero-order valence-corrected chi connectivity index (χ0v) is 17.6.